The third kappa shape index (κ3) is 7.03. The van der Waals surface area contributed by atoms with Gasteiger partial charge in [0.25, 0.3) is 0 Å². The molecule has 8 nitrogen and oxygen atoms in total. The zero-order chi connectivity index (χ0) is 37.3. The number of para-hydroxylation sites is 1. The van der Waals surface area contributed by atoms with Crippen molar-refractivity contribution < 1.29 is 38.1 Å². The molecule has 3 fully saturated rings. The quantitative estimate of drug-likeness (QED) is 0.122. The number of carbonyl (C=O) groups is 3. The molecule has 2 aliphatic carbocycles. The Bertz CT molecular complexity index is 1940. The van der Waals surface area contributed by atoms with Crippen molar-refractivity contribution in [1.29, 1.82) is 0 Å². The Morgan fingerprint density at radius 1 is 0.827 bits per heavy atom. The fourth-order valence-electron chi connectivity index (χ4n) is 8.02. The first-order valence-electron chi connectivity index (χ1n) is 17.9. The summed E-state index contributed by atoms with van der Waals surface area (Å²) < 4.78 is 22.0. The molecule has 1 aromatic heterocycles. The number of carboxylic acids is 1. The Morgan fingerprint density at radius 3 is 2.08 bits per heavy atom. The Balaban J connectivity index is 0.000000181. The number of cyclic esters (lactones) is 1. The first-order chi connectivity index (χ1) is 24.7. The minimum Gasteiger partial charge on any atom is -0.481 e. The zero-order valence-corrected chi connectivity index (χ0v) is 30.8. The van der Waals surface area contributed by atoms with E-state index >= 15 is 0 Å². The number of ether oxygens (including phenoxy) is 3. The topological polar surface area (TPSA) is 112 Å². The molecule has 0 spiro atoms. The van der Waals surface area contributed by atoms with Gasteiger partial charge in [-0.1, -0.05) is 108 Å². The van der Waals surface area contributed by atoms with Crippen LogP contribution in [0.25, 0.3) is 0 Å². The van der Waals surface area contributed by atoms with E-state index in [9.17, 15) is 19.5 Å². The van der Waals surface area contributed by atoms with Crippen LogP contribution in [0.3, 0.4) is 0 Å². The van der Waals surface area contributed by atoms with Gasteiger partial charge in [0.15, 0.2) is 0 Å². The van der Waals surface area contributed by atoms with E-state index in [1.165, 1.54) is 5.56 Å². The summed E-state index contributed by atoms with van der Waals surface area (Å²) in [6.07, 6.45) is 5.37. The second kappa shape index (κ2) is 14.1. The van der Waals surface area contributed by atoms with Crippen molar-refractivity contribution >= 4 is 17.9 Å². The SMILES string of the molecule is CC1(C)C(C)(C)C1(Cc1cccc(Oc2ccccc2)c1)C(=O)O.CC1(C)[C@H](C(=O)OCc2coc(Cc3ccccc3)c2)[C@@H]1C=C1CCOC1=O. The number of allylic oxidation sites excluding steroid dienone is 1. The second-order valence-corrected chi connectivity index (χ2v) is 15.8. The number of hydrogen-bond donors (Lipinski definition) is 1. The van der Waals surface area contributed by atoms with E-state index in [1.54, 1.807) is 6.26 Å². The normalized spacial score (nSPS) is 22.0. The molecule has 0 radical (unpaired) electrons. The first kappa shape index (κ1) is 36.7. The van der Waals surface area contributed by atoms with Gasteiger partial charge in [-0.3, -0.25) is 9.59 Å². The molecular weight excluding hydrogens is 656 g/mol. The number of hydrogen-bond acceptors (Lipinski definition) is 7. The van der Waals surface area contributed by atoms with Gasteiger partial charge in [0, 0.05) is 24.0 Å². The van der Waals surface area contributed by atoms with Crippen LogP contribution in [-0.2, 0) is 43.3 Å². The summed E-state index contributed by atoms with van der Waals surface area (Å²) in [4.78, 5) is 36.3. The molecule has 2 saturated carbocycles. The average Bonchev–Trinajstić information content (AvgIpc) is 3.46. The standard InChI is InChI=1S/C23H24O5.C21H24O3/c1-23(2)19(12-17-8-9-26-21(17)24)20(23)22(25)28-14-16-11-18(27-13-16)10-15-6-4-3-5-7-15;1-19(2)20(3,4)21(19,18(22)23)14-15-9-8-12-17(13-15)24-16-10-6-5-7-11-16/h3-7,11-13,19-20H,8-10,14H2,1-2H3;5-13H,14H2,1-4H3,(H,22,23)/t19-,20-;/m0./s1. The number of carbonyl (C=O) groups excluding carboxylic acids is 2. The van der Waals surface area contributed by atoms with Crippen LogP contribution in [0.1, 0.15) is 70.4 Å². The largest absolute Gasteiger partial charge is 0.481 e. The molecule has 2 atom stereocenters. The van der Waals surface area contributed by atoms with E-state index in [0.717, 1.165) is 28.4 Å². The van der Waals surface area contributed by atoms with Crippen molar-refractivity contribution in [2.24, 2.45) is 33.5 Å². The predicted molar refractivity (Wildman–Crippen MR) is 196 cm³/mol. The summed E-state index contributed by atoms with van der Waals surface area (Å²) in [6, 6.07) is 29.3. The van der Waals surface area contributed by atoms with E-state index in [4.69, 9.17) is 18.6 Å². The maximum Gasteiger partial charge on any atom is 0.333 e. The summed E-state index contributed by atoms with van der Waals surface area (Å²) in [5.41, 5.74) is 2.23. The summed E-state index contributed by atoms with van der Waals surface area (Å²) in [5, 5.41) is 9.91. The van der Waals surface area contributed by atoms with Gasteiger partial charge in [-0.05, 0) is 70.0 Å². The van der Waals surface area contributed by atoms with Gasteiger partial charge in [-0.15, -0.1) is 0 Å². The molecule has 52 heavy (non-hydrogen) atoms. The molecule has 1 aliphatic heterocycles. The van der Waals surface area contributed by atoms with Gasteiger partial charge in [-0.25, -0.2) is 4.79 Å². The summed E-state index contributed by atoms with van der Waals surface area (Å²) in [6.45, 7) is 12.9. The predicted octanol–water partition coefficient (Wildman–Crippen LogP) is 9.22. The van der Waals surface area contributed by atoms with E-state index < -0.39 is 11.4 Å². The van der Waals surface area contributed by atoms with Crippen molar-refractivity contribution in [3.05, 3.63) is 131 Å². The smallest absolute Gasteiger partial charge is 0.333 e. The van der Waals surface area contributed by atoms with Gasteiger partial charge < -0.3 is 23.7 Å². The highest BCUT2D eigenvalue weighted by molar-refractivity contribution is 5.91. The zero-order valence-electron chi connectivity index (χ0n) is 30.8. The number of furan rings is 1. The Labute approximate surface area is 305 Å². The molecular formula is C44H48O8. The molecule has 3 aliphatic rings. The van der Waals surface area contributed by atoms with Crippen molar-refractivity contribution in [1.82, 2.24) is 0 Å². The lowest BCUT2D eigenvalue weighted by Gasteiger charge is -2.17. The molecule has 1 N–H and O–H groups in total. The maximum absolute atomic E-state index is 12.6. The van der Waals surface area contributed by atoms with E-state index in [1.807, 2.05) is 139 Å². The molecule has 1 saturated heterocycles. The summed E-state index contributed by atoms with van der Waals surface area (Å²) >= 11 is 0. The van der Waals surface area contributed by atoms with Crippen LogP contribution in [0.15, 0.2) is 113 Å². The van der Waals surface area contributed by atoms with Gasteiger partial charge >= 0.3 is 17.9 Å². The fraction of sp³-hybridized carbons (Fsp3) is 0.386. The van der Waals surface area contributed by atoms with E-state index in [0.29, 0.717) is 31.4 Å². The van der Waals surface area contributed by atoms with Crippen LogP contribution in [0.2, 0.25) is 0 Å². The molecule has 0 unspecified atom stereocenters. The van der Waals surface area contributed by atoms with Crippen molar-refractivity contribution in [3.63, 3.8) is 0 Å². The lowest BCUT2D eigenvalue weighted by molar-refractivity contribution is -0.148. The highest BCUT2D eigenvalue weighted by Gasteiger charge is 2.80. The van der Waals surface area contributed by atoms with Crippen LogP contribution < -0.4 is 4.74 Å². The van der Waals surface area contributed by atoms with Gasteiger partial charge in [0.1, 0.15) is 23.9 Å². The summed E-state index contributed by atoms with van der Waals surface area (Å²) in [5.74, 6) is 0.911. The fourth-order valence-corrected chi connectivity index (χ4v) is 8.02. The number of carboxylic acid groups (broad SMARTS) is 1. The van der Waals surface area contributed by atoms with Crippen LogP contribution >= 0.6 is 0 Å². The molecule has 0 bridgehead atoms. The van der Waals surface area contributed by atoms with Crippen molar-refractivity contribution in [2.45, 2.75) is 67.4 Å². The monoisotopic (exact) mass is 704 g/mol. The number of rotatable bonds is 11. The van der Waals surface area contributed by atoms with Crippen molar-refractivity contribution in [3.8, 4) is 11.5 Å². The molecule has 0 amide bonds. The van der Waals surface area contributed by atoms with Crippen LogP contribution in [-0.4, -0.2) is 29.6 Å². The lowest BCUT2D eigenvalue weighted by atomic mass is 9.87. The highest BCUT2D eigenvalue weighted by Crippen LogP contribution is 2.79. The van der Waals surface area contributed by atoms with E-state index in [-0.39, 0.29) is 46.6 Å². The van der Waals surface area contributed by atoms with E-state index in [2.05, 4.69) is 0 Å². The molecule has 3 aromatic carbocycles. The van der Waals surface area contributed by atoms with Gasteiger partial charge in [-0.2, -0.15) is 0 Å². The first-order valence-corrected chi connectivity index (χ1v) is 17.9. The Hall–Kier alpha value is -5.11. The third-order valence-electron chi connectivity index (χ3n) is 12.1. The Kier molecular flexibility index (Phi) is 9.97. The maximum atomic E-state index is 12.6. The van der Waals surface area contributed by atoms with Crippen LogP contribution in [0.5, 0.6) is 11.5 Å². The Morgan fingerprint density at radius 2 is 1.46 bits per heavy atom. The highest BCUT2D eigenvalue weighted by atomic mass is 16.5. The average molecular weight is 705 g/mol. The van der Waals surface area contributed by atoms with Crippen LogP contribution in [0, 0.1) is 33.5 Å². The third-order valence-corrected chi connectivity index (χ3v) is 12.1. The summed E-state index contributed by atoms with van der Waals surface area (Å²) in [7, 11) is 0. The number of benzene rings is 3. The molecule has 4 aromatic rings. The number of aliphatic carboxylic acids is 1. The number of esters is 2. The molecule has 272 valence electrons. The van der Waals surface area contributed by atoms with Crippen LogP contribution in [0.4, 0.5) is 0 Å². The minimum atomic E-state index is -0.745. The van der Waals surface area contributed by atoms with Gasteiger partial charge in [0.05, 0.1) is 24.2 Å². The van der Waals surface area contributed by atoms with Crippen molar-refractivity contribution in [2.75, 3.05) is 6.61 Å². The molecule has 8 heteroatoms. The van der Waals surface area contributed by atoms with Gasteiger partial charge in [0.2, 0.25) is 0 Å². The molecule has 2 heterocycles. The minimum absolute atomic E-state index is 0.0126. The lowest BCUT2D eigenvalue weighted by Crippen LogP contribution is -2.25. The second-order valence-electron chi connectivity index (χ2n) is 15.8. The molecule has 7 rings (SSSR count).